The Labute approximate surface area is 120 Å². The molecule has 0 saturated carbocycles. The quantitative estimate of drug-likeness (QED) is 0.716. The number of Topliss-reactive ketones (excluding diaryl/α,β-unsaturated/α-hetero) is 1. The summed E-state index contributed by atoms with van der Waals surface area (Å²) in [5.74, 6) is 0.557. The summed E-state index contributed by atoms with van der Waals surface area (Å²) in [4.78, 5) is 13.5. The highest BCUT2D eigenvalue weighted by Crippen LogP contribution is 2.27. The highest BCUT2D eigenvalue weighted by atomic mass is 35.5. The maximum atomic E-state index is 11.3. The maximum Gasteiger partial charge on any atom is 0.159 e. The molecule has 0 unspecified atom stereocenters. The van der Waals surface area contributed by atoms with Crippen LogP contribution in [0.1, 0.15) is 31.1 Å². The Morgan fingerprint density at radius 2 is 2.11 bits per heavy atom. The van der Waals surface area contributed by atoms with Gasteiger partial charge in [0, 0.05) is 25.8 Å². The summed E-state index contributed by atoms with van der Waals surface area (Å²) in [5, 5.41) is 0.615. The standard InChI is InChI=1S/C15H22ClNO2/c1-11(2)10-17(7-8-19-4)15-6-5-13(12(3)18)9-14(15)16/h5-6,9,11H,7-8,10H2,1-4H3. The largest absolute Gasteiger partial charge is 0.383 e. The van der Waals surface area contributed by atoms with Gasteiger partial charge in [-0.25, -0.2) is 0 Å². The van der Waals surface area contributed by atoms with Crippen molar-refractivity contribution in [2.75, 3.05) is 31.7 Å². The fourth-order valence-corrected chi connectivity index (χ4v) is 2.23. The zero-order valence-corrected chi connectivity index (χ0v) is 12.8. The number of hydrogen-bond donors (Lipinski definition) is 0. The molecule has 0 heterocycles. The Morgan fingerprint density at radius 3 is 2.58 bits per heavy atom. The van der Waals surface area contributed by atoms with Gasteiger partial charge in [0.05, 0.1) is 17.3 Å². The molecular formula is C15H22ClNO2. The summed E-state index contributed by atoms with van der Waals surface area (Å²) >= 11 is 6.30. The third-order valence-electron chi connectivity index (χ3n) is 2.85. The second-order valence-electron chi connectivity index (χ2n) is 5.06. The van der Waals surface area contributed by atoms with Gasteiger partial charge in [0.25, 0.3) is 0 Å². The van der Waals surface area contributed by atoms with Crippen molar-refractivity contribution in [1.29, 1.82) is 0 Å². The molecule has 1 aromatic rings. The zero-order valence-electron chi connectivity index (χ0n) is 12.1. The van der Waals surface area contributed by atoms with Crippen molar-refractivity contribution in [2.45, 2.75) is 20.8 Å². The molecule has 0 saturated heterocycles. The van der Waals surface area contributed by atoms with Crippen LogP contribution in [-0.2, 0) is 4.74 Å². The number of ether oxygens (including phenoxy) is 1. The normalized spacial score (nSPS) is 10.8. The number of nitrogens with zero attached hydrogens (tertiary/aromatic N) is 1. The molecule has 0 fully saturated rings. The van der Waals surface area contributed by atoms with Crippen LogP contribution in [0.25, 0.3) is 0 Å². The number of benzene rings is 1. The molecule has 4 heteroatoms. The lowest BCUT2D eigenvalue weighted by molar-refractivity contribution is 0.101. The van der Waals surface area contributed by atoms with Crippen LogP contribution < -0.4 is 4.90 Å². The van der Waals surface area contributed by atoms with Crippen LogP contribution in [0.4, 0.5) is 5.69 Å². The molecule has 1 aromatic carbocycles. The number of anilines is 1. The van der Waals surface area contributed by atoms with Crippen LogP contribution in [0.5, 0.6) is 0 Å². The minimum absolute atomic E-state index is 0.0285. The van der Waals surface area contributed by atoms with Gasteiger partial charge in [-0.1, -0.05) is 25.4 Å². The van der Waals surface area contributed by atoms with E-state index in [4.69, 9.17) is 16.3 Å². The lowest BCUT2D eigenvalue weighted by Gasteiger charge is -2.27. The maximum absolute atomic E-state index is 11.3. The van der Waals surface area contributed by atoms with E-state index in [9.17, 15) is 4.79 Å². The van der Waals surface area contributed by atoms with Crippen molar-refractivity contribution >= 4 is 23.1 Å². The average Bonchev–Trinajstić information content (AvgIpc) is 2.34. The molecule has 106 valence electrons. The molecule has 0 aliphatic heterocycles. The first kappa shape index (κ1) is 16.0. The summed E-state index contributed by atoms with van der Waals surface area (Å²) in [6.45, 7) is 8.21. The van der Waals surface area contributed by atoms with Crippen molar-refractivity contribution < 1.29 is 9.53 Å². The van der Waals surface area contributed by atoms with Crippen molar-refractivity contribution in [3.63, 3.8) is 0 Å². The molecule has 0 aliphatic rings. The SMILES string of the molecule is COCCN(CC(C)C)c1ccc(C(C)=O)cc1Cl. The van der Waals surface area contributed by atoms with E-state index in [1.807, 2.05) is 12.1 Å². The Kier molecular flexibility index (Phi) is 6.32. The van der Waals surface area contributed by atoms with Crippen LogP contribution in [0.2, 0.25) is 5.02 Å². The third-order valence-corrected chi connectivity index (χ3v) is 3.15. The predicted octanol–water partition coefficient (Wildman–Crippen LogP) is 3.65. The molecule has 1 rings (SSSR count). The molecule has 19 heavy (non-hydrogen) atoms. The van der Waals surface area contributed by atoms with Gasteiger partial charge in [-0.3, -0.25) is 4.79 Å². The van der Waals surface area contributed by atoms with Crippen molar-refractivity contribution in [2.24, 2.45) is 5.92 Å². The summed E-state index contributed by atoms with van der Waals surface area (Å²) in [7, 11) is 1.69. The second kappa shape index (κ2) is 7.51. The highest BCUT2D eigenvalue weighted by Gasteiger charge is 2.13. The molecule has 0 aromatic heterocycles. The Hall–Kier alpha value is -1.06. The first-order chi connectivity index (χ1) is 8.95. The smallest absolute Gasteiger partial charge is 0.159 e. The molecule has 0 amide bonds. The highest BCUT2D eigenvalue weighted by molar-refractivity contribution is 6.33. The van der Waals surface area contributed by atoms with Gasteiger partial charge in [0.2, 0.25) is 0 Å². The number of ketones is 1. The minimum atomic E-state index is 0.0285. The van der Waals surface area contributed by atoms with E-state index in [2.05, 4.69) is 18.7 Å². The molecule has 0 bridgehead atoms. The Morgan fingerprint density at radius 1 is 1.42 bits per heavy atom. The topological polar surface area (TPSA) is 29.5 Å². The van der Waals surface area contributed by atoms with E-state index in [1.165, 1.54) is 0 Å². The van der Waals surface area contributed by atoms with Crippen LogP contribution >= 0.6 is 11.6 Å². The van der Waals surface area contributed by atoms with Crippen molar-refractivity contribution in [1.82, 2.24) is 0 Å². The fourth-order valence-electron chi connectivity index (χ4n) is 1.93. The van der Waals surface area contributed by atoms with E-state index >= 15 is 0 Å². The van der Waals surface area contributed by atoms with Gasteiger partial charge in [-0.05, 0) is 31.0 Å². The van der Waals surface area contributed by atoms with E-state index in [0.717, 1.165) is 18.8 Å². The molecule has 0 spiro atoms. The minimum Gasteiger partial charge on any atom is -0.383 e. The fraction of sp³-hybridized carbons (Fsp3) is 0.533. The van der Waals surface area contributed by atoms with Crippen molar-refractivity contribution in [3.05, 3.63) is 28.8 Å². The summed E-state index contributed by atoms with van der Waals surface area (Å²) in [6.07, 6.45) is 0. The Bertz CT molecular complexity index is 432. The lowest BCUT2D eigenvalue weighted by Crippen LogP contribution is -2.31. The van der Waals surface area contributed by atoms with Crippen LogP contribution in [0.3, 0.4) is 0 Å². The zero-order chi connectivity index (χ0) is 14.4. The number of methoxy groups -OCH3 is 1. The summed E-state index contributed by atoms with van der Waals surface area (Å²) in [5.41, 5.74) is 1.60. The van der Waals surface area contributed by atoms with E-state index in [0.29, 0.717) is 23.1 Å². The molecule has 0 atom stereocenters. The van der Waals surface area contributed by atoms with E-state index in [-0.39, 0.29) is 5.78 Å². The van der Waals surface area contributed by atoms with Gasteiger partial charge in [0.1, 0.15) is 0 Å². The Balaban J connectivity index is 2.97. The van der Waals surface area contributed by atoms with Gasteiger partial charge in [-0.15, -0.1) is 0 Å². The lowest BCUT2D eigenvalue weighted by atomic mass is 10.1. The number of hydrogen-bond acceptors (Lipinski definition) is 3. The van der Waals surface area contributed by atoms with Gasteiger partial charge in [0.15, 0.2) is 5.78 Å². The molecule has 3 nitrogen and oxygen atoms in total. The van der Waals surface area contributed by atoms with Crippen LogP contribution in [0.15, 0.2) is 18.2 Å². The third kappa shape index (κ3) is 4.84. The monoisotopic (exact) mass is 283 g/mol. The molecule has 0 radical (unpaired) electrons. The number of carbonyl (C=O) groups is 1. The number of halogens is 1. The van der Waals surface area contributed by atoms with Crippen LogP contribution in [-0.4, -0.2) is 32.6 Å². The number of carbonyl (C=O) groups excluding carboxylic acids is 1. The van der Waals surface area contributed by atoms with Gasteiger partial charge in [-0.2, -0.15) is 0 Å². The van der Waals surface area contributed by atoms with Gasteiger partial charge < -0.3 is 9.64 Å². The van der Waals surface area contributed by atoms with Gasteiger partial charge >= 0.3 is 0 Å². The van der Waals surface area contributed by atoms with Crippen molar-refractivity contribution in [3.8, 4) is 0 Å². The molecule has 0 N–H and O–H groups in total. The average molecular weight is 284 g/mol. The molecular weight excluding hydrogens is 262 g/mol. The first-order valence-corrected chi connectivity index (χ1v) is 6.88. The first-order valence-electron chi connectivity index (χ1n) is 6.50. The second-order valence-corrected chi connectivity index (χ2v) is 5.46. The molecule has 0 aliphatic carbocycles. The summed E-state index contributed by atoms with van der Waals surface area (Å²) < 4.78 is 5.14. The number of rotatable bonds is 7. The predicted molar refractivity (Wildman–Crippen MR) is 80.4 cm³/mol. The van der Waals surface area contributed by atoms with E-state index < -0.39 is 0 Å². The summed E-state index contributed by atoms with van der Waals surface area (Å²) in [6, 6.07) is 5.47. The van der Waals surface area contributed by atoms with Crippen LogP contribution in [0, 0.1) is 5.92 Å². The van der Waals surface area contributed by atoms with E-state index in [1.54, 1.807) is 20.1 Å².